The summed E-state index contributed by atoms with van der Waals surface area (Å²) in [5.74, 6) is -0.440. The minimum Gasteiger partial charge on any atom is -0.372 e. The molecule has 3 aromatic rings. The number of aromatic nitrogens is 1. The highest BCUT2D eigenvalue weighted by Crippen LogP contribution is 2.25. The summed E-state index contributed by atoms with van der Waals surface area (Å²) in [5, 5.41) is 3.82. The summed E-state index contributed by atoms with van der Waals surface area (Å²) < 4.78 is 22.4. The third kappa shape index (κ3) is 3.98. The third-order valence-electron chi connectivity index (χ3n) is 5.37. The molecule has 1 aromatic heterocycles. The second kappa shape index (κ2) is 7.87. The van der Waals surface area contributed by atoms with Crippen LogP contribution in [-0.2, 0) is 18.3 Å². The lowest BCUT2D eigenvalue weighted by atomic mass is 10.1. The Kier molecular flexibility index (Phi) is 5.28. The second-order valence-corrected chi connectivity index (χ2v) is 7.80. The van der Waals surface area contributed by atoms with Crippen molar-refractivity contribution >= 4 is 22.5 Å². The quantitative estimate of drug-likeness (QED) is 0.730. The van der Waals surface area contributed by atoms with Crippen LogP contribution in [0.2, 0.25) is 0 Å². The number of hydrogen-bond acceptors (Lipinski definition) is 3. The number of hydrogen-bond donors (Lipinski definition) is 1. The number of aryl methyl sites for hydroxylation is 1. The number of benzene rings is 2. The molecule has 1 saturated heterocycles. The Morgan fingerprint density at radius 1 is 1.17 bits per heavy atom. The van der Waals surface area contributed by atoms with Crippen LogP contribution >= 0.6 is 0 Å². The van der Waals surface area contributed by atoms with Gasteiger partial charge in [0, 0.05) is 43.8 Å². The molecule has 0 bridgehead atoms. The van der Waals surface area contributed by atoms with E-state index in [1.807, 2.05) is 66.9 Å². The van der Waals surface area contributed by atoms with E-state index in [1.54, 1.807) is 6.07 Å². The number of nitrogens with zero attached hydrogens (tertiary/aromatic N) is 2. The van der Waals surface area contributed by atoms with Crippen molar-refractivity contribution in [3.8, 4) is 0 Å². The average Bonchev–Trinajstić information content (AvgIpc) is 3.02. The van der Waals surface area contributed by atoms with Crippen molar-refractivity contribution in [2.45, 2.75) is 32.6 Å². The summed E-state index contributed by atoms with van der Waals surface area (Å²) in [6.45, 7) is 5.60. The molecule has 6 heteroatoms. The lowest BCUT2D eigenvalue weighted by molar-refractivity contribution is -0.00539. The molecule has 1 fully saturated rings. The first-order valence-electron chi connectivity index (χ1n) is 9.93. The van der Waals surface area contributed by atoms with Gasteiger partial charge in [0.2, 0.25) is 0 Å². The van der Waals surface area contributed by atoms with E-state index in [2.05, 4.69) is 5.32 Å². The predicted octanol–water partition coefficient (Wildman–Crippen LogP) is 3.86. The van der Waals surface area contributed by atoms with Gasteiger partial charge in [0.05, 0.1) is 23.5 Å². The van der Waals surface area contributed by atoms with Crippen molar-refractivity contribution in [3.63, 3.8) is 0 Å². The number of halogens is 1. The van der Waals surface area contributed by atoms with E-state index >= 15 is 0 Å². The first kappa shape index (κ1) is 19.5. The summed E-state index contributed by atoms with van der Waals surface area (Å²) in [6.07, 6.45) is 1.96. The summed E-state index contributed by atoms with van der Waals surface area (Å²) in [7, 11) is 1.92. The number of nitrogens with one attached hydrogen (secondary N) is 1. The smallest absolute Gasteiger partial charge is 0.253 e. The Morgan fingerprint density at radius 2 is 1.90 bits per heavy atom. The van der Waals surface area contributed by atoms with Gasteiger partial charge in [-0.05, 0) is 37.6 Å². The summed E-state index contributed by atoms with van der Waals surface area (Å²) in [6, 6.07) is 12.9. The normalized spacial score (nSPS) is 19.5. The van der Waals surface area contributed by atoms with Crippen LogP contribution in [0, 0.1) is 5.82 Å². The molecule has 0 spiro atoms. The van der Waals surface area contributed by atoms with Crippen molar-refractivity contribution in [2.75, 3.05) is 18.0 Å². The number of para-hydroxylation sites is 1. The van der Waals surface area contributed by atoms with E-state index in [0.29, 0.717) is 24.3 Å². The Labute approximate surface area is 170 Å². The first-order valence-corrected chi connectivity index (χ1v) is 9.93. The minimum absolute atomic E-state index is 0.0674. The highest BCUT2D eigenvalue weighted by atomic mass is 19.1. The van der Waals surface area contributed by atoms with Crippen LogP contribution in [0.25, 0.3) is 10.9 Å². The minimum atomic E-state index is -0.275. The van der Waals surface area contributed by atoms with Gasteiger partial charge in [0.15, 0.2) is 0 Å². The fourth-order valence-electron chi connectivity index (χ4n) is 4.09. The SMILES string of the molecule is CC1CN(c2ccc(CNC(=O)c3cn(C)c4ccccc34)cc2F)CC(C)O1. The zero-order valence-electron chi connectivity index (χ0n) is 17.0. The van der Waals surface area contributed by atoms with Gasteiger partial charge in [0.25, 0.3) is 5.91 Å². The molecule has 2 unspecified atom stereocenters. The molecule has 2 atom stereocenters. The van der Waals surface area contributed by atoms with E-state index in [9.17, 15) is 9.18 Å². The van der Waals surface area contributed by atoms with Crippen LogP contribution in [0.3, 0.4) is 0 Å². The number of rotatable bonds is 4. The topological polar surface area (TPSA) is 46.5 Å². The van der Waals surface area contributed by atoms with Crippen LogP contribution in [0.5, 0.6) is 0 Å². The van der Waals surface area contributed by atoms with Gasteiger partial charge in [-0.25, -0.2) is 4.39 Å². The summed E-state index contributed by atoms with van der Waals surface area (Å²) >= 11 is 0. The highest BCUT2D eigenvalue weighted by molar-refractivity contribution is 6.06. The molecule has 5 nitrogen and oxygen atoms in total. The van der Waals surface area contributed by atoms with E-state index in [-0.39, 0.29) is 30.5 Å². The number of amides is 1. The van der Waals surface area contributed by atoms with Gasteiger partial charge in [-0.2, -0.15) is 0 Å². The van der Waals surface area contributed by atoms with E-state index < -0.39 is 0 Å². The molecule has 1 N–H and O–H groups in total. The van der Waals surface area contributed by atoms with Crippen LogP contribution < -0.4 is 10.2 Å². The predicted molar refractivity (Wildman–Crippen MR) is 113 cm³/mol. The van der Waals surface area contributed by atoms with Gasteiger partial charge in [-0.15, -0.1) is 0 Å². The fourth-order valence-corrected chi connectivity index (χ4v) is 4.09. The number of anilines is 1. The van der Waals surface area contributed by atoms with E-state index in [1.165, 1.54) is 6.07 Å². The Morgan fingerprint density at radius 3 is 2.62 bits per heavy atom. The first-order chi connectivity index (χ1) is 13.9. The molecule has 4 rings (SSSR count). The van der Waals surface area contributed by atoms with Crippen molar-refractivity contribution in [2.24, 2.45) is 7.05 Å². The zero-order valence-corrected chi connectivity index (χ0v) is 17.0. The second-order valence-electron chi connectivity index (χ2n) is 7.80. The van der Waals surface area contributed by atoms with Gasteiger partial charge in [-0.1, -0.05) is 24.3 Å². The molecule has 152 valence electrons. The van der Waals surface area contributed by atoms with Gasteiger partial charge in [0.1, 0.15) is 5.82 Å². The monoisotopic (exact) mass is 395 g/mol. The van der Waals surface area contributed by atoms with Crippen molar-refractivity contribution in [1.82, 2.24) is 9.88 Å². The molecule has 1 aliphatic heterocycles. The Balaban J connectivity index is 1.46. The molecule has 29 heavy (non-hydrogen) atoms. The summed E-state index contributed by atoms with van der Waals surface area (Å²) in [4.78, 5) is 14.7. The Hall–Kier alpha value is -2.86. The van der Waals surface area contributed by atoms with E-state index in [4.69, 9.17) is 4.74 Å². The highest BCUT2D eigenvalue weighted by Gasteiger charge is 2.24. The molecule has 1 aliphatic rings. The van der Waals surface area contributed by atoms with Crippen molar-refractivity contribution in [1.29, 1.82) is 0 Å². The third-order valence-corrected chi connectivity index (χ3v) is 5.37. The lowest BCUT2D eigenvalue weighted by Gasteiger charge is -2.37. The maximum atomic E-state index is 14.7. The number of carbonyl (C=O) groups excluding carboxylic acids is 1. The molecular formula is C23H26FN3O2. The lowest BCUT2D eigenvalue weighted by Crippen LogP contribution is -2.45. The van der Waals surface area contributed by atoms with Gasteiger partial charge < -0.3 is 19.5 Å². The van der Waals surface area contributed by atoms with Crippen molar-refractivity contribution < 1.29 is 13.9 Å². The molecular weight excluding hydrogens is 369 g/mol. The molecule has 2 heterocycles. The van der Waals surface area contributed by atoms with E-state index in [0.717, 1.165) is 16.5 Å². The maximum Gasteiger partial charge on any atom is 0.253 e. The fraction of sp³-hybridized carbons (Fsp3) is 0.348. The number of fused-ring (bicyclic) bond motifs is 1. The number of carbonyl (C=O) groups is 1. The zero-order chi connectivity index (χ0) is 20.5. The van der Waals surface area contributed by atoms with Gasteiger partial charge >= 0.3 is 0 Å². The molecule has 2 aromatic carbocycles. The van der Waals surface area contributed by atoms with Crippen molar-refractivity contribution in [3.05, 3.63) is 65.6 Å². The molecule has 1 amide bonds. The number of ether oxygens (including phenoxy) is 1. The van der Waals surface area contributed by atoms with Crippen LogP contribution in [0.1, 0.15) is 29.8 Å². The number of morpholine rings is 1. The Bertz CT molecular complexity index is 1040. The molecule has 0 saturated carbocycles. The molecule has 0 aliphatic carbocycles. The van der Waals surface area contributed by atoms with Gasteiger partial charge in [-0.3, -0.25) is 4.79 Å². The molecule has 0 radical (unpaired) electrons. The standard InChI is InChI=1S/C23H26FN3O2/c1-15-12-27(13-16(2)29-15)22-9-8-17(10-20(22)24)11-25-23(28)19-14-26(3)21-7-5-4-6-18(19)21/h4-10,14-16H,11-13H2,1-3H3,(H,25,28). The maximum absolute atomic E-state index is 14.7. The van der Waals surface area contributed by atoms with Crippen LogP contribution in [0.4, 0.5) is 10.1 Å². The average molecular weight is 395 g/mol. The van der Waals surface area contributed by atoms with Crippen LogP contribution in [0.15, 0.2) is 48.7 Å². The van der Waals surface area contributed by atoms with Crippen LogP contribution in [-0.4, -0.2) is 35.8 Å². The summed E-state index contributed by atoms with van der Waals surface area (Å²) in [5.41, 5.74) is 2.93. The largest absolute Gasteiger partial charge is 0.372 e.